The lowest BCUT2D eigenvalue weighted by Crippen LogP contribution is -2.35. The van der Waals surface area contributed by atoms with Gasteiger partial charge in [0.05, 0.1) is 36.2 Å². The summed E-state index contributed by atoms with van der Waals surface area (Å²) in [7, 11) is 6.03. The summed E-state index contributed by atoms with van der Waals surface area (Å²) in [4.78, 5) is 0. The summed E-state index contributed by atoms with van der Waals surface area (Å²) in [6, 6.07) is 8.54. The molecule has 0 spiro atoms. The fourth-order valence-electron chi connectivity index (χ4n) is 1.80. The molecule has 2 nitrogen and oxygen atoms in total. The zero-order valence-electron chi connectivity index (χ0n) is 11.8. The third kappa shape index (κ3) is 3.97. The van der Waals surface area contributed by atoms with E-state index in [1.54, 1.807) is 30.3 Å². The van der Waals surface area contributed by atoms with Crippen LogP contribution in [0.1, 0.15) is 0 Å². The van der Waals surface area contributed by atoms with Crippen molar-refractivity contribution in [3.05, 3.63) is 50.4 Å². The number of benzene rings is 2. The van der Waals surface area contributed by atoms with Crippen molar-refractivity contribution in [2.45, 2.75) is 0 Å². The van der Waals surface area contributed by atoms with E-state index in [1.807, 2.05) is 21.1 Å². The standard InChI is InChI=1S/C15H14Cl4NO/c1-20(2,3)13-7-10(17)11(18)8-15(13)21-14-5-4-9(16)6-12(14)19/h4-8H,1-3H3/q+1. The Morgan fingerprint density at radius 1 is 0.762 bits per heavy atom. The first-order valence-corrected chi connectivity index (χ1v) is 7.63. The SMILES string of the molecule is C[N+](C)(C)c1cc(Cl)c(Cl)cc1Oc1ccc(Cl)cc1Cl. The molecule has 0 saturated heterocycles. The summed E-state index contributed by atoms with van der Waals surface area (Å²) in [5.41, 5.74) is 0.885. The highest BCUT2D eigenvalue weighted by molar-refractivity contribution is 6.42. The largest absolute Gasteiger partial charge is 0.449 e. The molecule has 0 aromatic heterocycles. The predicted molar refractivity (Wildman–Crippen MR) is 92.6 cm³/mol. The molecule has 112 valence electrons. The van der Waals surface area contributed by atoms with Crippen LogP contribution in [0.3, 0.4) is 0 Å². The maximum atomic E-state index is 6.14. The fourth-order valence-corrected chi connectivity index (χ4v) is 2.56. The van der Waals surface area contributed by atoms with Crippen molar-refractivity contribution in [3.8, 4) is 11.5 Å². The van der Waals surface area contributed by atoms with Gasteiger partial charge < -0.3 is 4.74 Å². The predicted octanol–water partition coefficient (Wildman–Crippen LogP) is 6.29. The Morgan fingerprint density at radius 3 is 1.95 bits per heavy atom. The van der Waals surface area contributed by atoms with Crippen molar-refractivity contribution in [2.24, 2.45) is 0 Å². The summed E-state index contributed by atoms with van der Waals surface area (Å²) >= 11 is 24.2. The van der Waals surface area contributed by atoms with Crippen molar-refractivity contribution in [3.63, 3.8) is 0 Å². The monoisotopic (exact) mass is 364 g/mol. The summed E-state index contributed by atoms with van der Waals surface area (Å²) < 4.78 is 6.43. The number of rotatable bonds is 3. The van der Waals surface area contributed by atoms with Crippen molar-refractivity contribution in [1.29, 1.82) is 0 Å². The molecule has 0 fully saturated rings. The van der Waals surface area contributed by atoms with Gasteiger partial charge in [0.1, 0.15) is 5.75 Å². The van der Waals surface area contributed by atoms with E-state index in [1.165, 1.54) is 0 Å². The zero-order valence-corrected chi connectivity index (χ0v) is 14.8. The van der Waals surface area contributed by atoms with Gasteiger partial charge in [0.2, 0.25) is 0 Å². The number of hydrogen-bond donors (Lipinski definition) is 0. The molecule has 0 aliphatic heterocycles. The summed E-state index contributed by atoms with van der Waals surface area (Å²) in [5, 5.41) is 1.89. The van der Waals surface area contributed by atoms with E-state index in [2.05, 4.69) is 0 Å². The van der Waals surface area contributed by atoms with Crippen LogP contribution in [-0.2, 0) is 0 Å². The van der Waals surface area contributed by atoms with Crippen LogP contribution in [-0.4, -0.2) is 21.1 Å². The lowest BCUT2D eigenvalue weighted by atomic mass is 10.2. The highest BCUT2D eigenvalue weighted by Gasteiger charge is 2.22. The third-order valence-corrected chi connectivity index (χ3v) is 4.09. The average molecular weight is 366 g/mol. The molecular weight excluding hydrogens is 352 g/mol. The Kier molecular flexibility index (Phi) is 4.96. The summed E-state index contributed by atoms with van der Waals surface area (Å²) in [6.07, 6.45) is 0. The molecule has 0 atom stereocenters. The van der Waals surface area contributed by atoms with Gasteiger partial charge in [-0.25, -0.2) is 0 Å². The second-order valence-electron chi connectivity index (χ2n) is 5.42. The Morgan fingerprint density at radius 2 is 1.38 bits per heavy atom. The molecule has 0 unspecified atom stereocenters. The topological polar surface area (TPSA) is 9.23 Å². The molecule has 0 radical (unpaired) electrons. The molecule has 0 amide bonds. The first kappa shape index (κ1) is 16.7. The molecule has 0 aliphatic rings. The normalized spacial score (nSPS) is 11.6. The van der Waals surface area contributed by atoms with Crippen LogP contribution in [0.2, 0.25) is 20.1 Å². The molecule has 0 aliphatic carbocycles. The molecular formula is C15H14Cl4NO+. The lowest BCUT2D eigenvalue weighted by Gasteiger charge is -2.26. The Balaban J connectivity index is 2.50. The van der Waals surface area contributed by atoms with E-state index in [4.69, 9.17) is 51.1 Å². The molecule has 0 saturated carbocycles. The number of ether oxygens (including phenoxy) is 1. The van der Waals surface area contributed by atoms with Crippen LogP contribution >= 0.6 is 46.4 Å². The van der Waals surface area contributed by atoms with E-state index < -0.39 is 0 Å². The maximum absolute atomic E-state index is 6.14. The molecule has 0 N–H and O–H groups in total. The van der Waals surface area contributed by atoms with E-state index in [0.717, 1.165) is 5.69 Å². The molecule has 0 bridgehead atoms. The Bertz CT molecular complexity index is 680. The summed E-state index contributed by atoms with van der Waals surface area (Å²) in [5.74, 6) is 1.11. The van der Waals surface area contributed by atoms with Crippen LogP contribution < -0.4 is 9.22 Å². The number of quaternary nitrogens is 1. The van der Waals surface area contributed by atoms with Crippen molar-refractivity contribution < 1.29 is 4.74 Å². The van der Waals surface area contributed by atoms with E-state index in [9.17, 15) is 0 Å². The van der Waals surface area contributed by atoms with Gasteiger partial charge in [-0.15, -0.1) is 0 Å². The van der Waals surface area contributed by atoms with Gasteiger partial charge in [0.25, 0.3) is 0 Å². The minimum Gasteiger partial charge on any atom is -0.449 e. The van der Waals surface area contributed by atoms with Crippen LogP contribution in [0, 0.1) is 0 Å². The minimum atomic E-state index is 0.425. The van der Waals surface area contributed by atoms with Crippen LogP contribution in [0.4, 0.5) is 5.69 Å². The van der Waals surface area contributed by atoms with Crippen LogP contribution in [0.5, 0.6) is 11.5 Å². The van der Waals surface area contributed by atoms with Crippen molar-refractivity contribution in [1.82, 2.24) is 4.48 Å². The lowest BCUT2D eigenvalue weighted by molar-refractivity contribution is 0.433. The molecule has 2 aromatic rings. The Hall–Kier alpha value is -0.640. The number of halogens is 4. The molecule has 6 heteroatoms. The van der Waals surface area contributed by atoms with Gasteiger partial charge in [-0.05, 0) is 18.2 Å². The molecule has 2 aromatic carbocycles. The first-order chi connectivity index (χ1) is 9.68. The third-order valence-electron chi connectivity index (χ3n) is 2.84. The molecule has 2 rings (SSSR count). The average Bonchev–Trinajstić information content (AvgIpc) is 2.35. The number of hydrogen-bond acceptors (Lipinski definition) is 1. The van der Waals surface area contributed by atoms with E-state index in [-0.39, 0.29) is 0 Å². The van der Waals surface area contributed by atoms with E-state index >= 15 is 0 Å². The zero-order chi connectivity index (χ0) is 15.8. The maximum Gasteiger partial charge on any atom is 0.189 e. The highest BCUT2D eigenvalue weighted by atomic mass is 35.5. The van der Waals surface area contributed by atoms with Crippen LogP contribution in [0.15, 0.2) is 30.3 Å². The smallest absolute Gasteiger partial charge is 0.189 e. The highest BCUT2D eigenvalue weighted by Crippen LogP contribution is 2.41. The minimum absolute atomic E-state index is 0.425. The quantitative estimate of drug-likeness (QED) is 0.580. The number of nitrogens with zero attached hydrogens (tertiary/aromatic N) is 1. The van der Waals surface area contributed by atoms with E-state index in [0.29, 0.717) is 36.1 Å². The molecule has 0 heterocycles. The van der Waals surface area contributed by atoms with Gasteiger partial charge in [-0.1, -0.05) is 46.4 Å². The fraction of sp³-hybridized carbons (Fsp3) is 0.200. The van der Waals surface area contributed by atoms with Gasteiger partial charge in [-0.2, -0.15) is 0 Å². The first-order valence-electron chi connectivity index (χ1n) is 6.12. The second kappa shape index (κ2) is 6.23. The van der Waals surface area contributed by atoms with Gasteiger partial charge >= 0.3 is 0 Å². The summed E-state index contributed by atoms with van der Waals surface area (Å²) in [6.45, 7) is 0. The van der Waals surface area contributed by atoms with Crippen LogP contribution in [0.25, 0.3) is 0 Å². The van der Waals surface area contributed by atoms with Crippen molar-refractivity contribution in [2.75, 3.05) is 21.1 Å². The van der Waals surface area contributed by atoms with Gasteiger partial charge in [0.15, 0.2) is 11.4 Å². The molecule has 21 heavy (non-hydrogen) atoms. The van der Waals surface area contributed by atoms with Gasteiger partial charge in [0, 0.05) is 17.2 Å². The van der Waals surface area contributed by atoms with Gasteiger partial charge in [-0.3, -0.25) is 4.48 Å². The Labute approximate surface area is 144 Å². The second-order valence-corrected chi connectivity index (χ2v) is 7.08. The van der Waals surface area contributed by atoms with Crippen molar-refractivity contribution >= 4 is 52.1 Å².